The maximum Gasteiger partial charge on any atom is 0.416 e. The zero-order valence-corrected chi connectivity index (χ0v) is 23.5. The van der Waals surface area contributed by atoms with Gasteiger partial charge in [0.05, 0.1) is 23.2 Å². The molecule has 0 bridgehead atoms. The third-order valence-corrected chi connectivity index (χ3v) is 7.45. The number of piperazine rings is 1. The van der Waals surface area contributed by atoms with Crippen molar-refractivity contribution < 1.29 is 32.5 Å². The summed E-state index contributed by atoms with van der Waals surface area (Å²) in [5.74, 6) is -0.0125. The quantitative estimate of drug-likeness (QED) is 0.341. The fourth-order valence-electron chi connectivity index (χ4n) is 4.77. The van der Waals surface area contributed by atoms with E-state index in [4.69, 9.17) is 21.1 Å². The molecule has 224 valence electrons. The highest BCUT2D eigenvalue weighted by Gasteiger charge is 2.34. The lowest BCUT2D eigenvalue weighted by atomic mass is 10.0. The molecule has 0 spiro atoms. The minimum Gasteiger partial charge on any atom is -0.483 e. The van der Waals surface area contributed by atoms with Crippen LogP contribution in [0.3, 0.4) is 0 Å². The Morgan fingerprint density at radius 2 is 1.93 bits per heavy atom. The Hall–Kier alpha value is -3.65. The second-order valence-electron chi connectivity index (χ2n) is 9.97. The van der Waals surface area contributed by atoms with Crippen LogP contribution in [0, 0.1) is 0 Å². The van der Waals surface area contributed by atoms with Crippen molar-refractivity contribution in [3.05, 3.63) is 64.4 Å². The number of hydrogen-bond acceptors (Lipinski definition) is 9. The Labute approximate surface area is 245 Å². The van der Waals surface area contributed by atoms with Crippen molar-refractivity contribution in [3.8, 4) is 17.4 Å². The molecule has 3 aromatic rings. The number of amides is 1. The zero-order valence-electron chi connectivity index (χ0n) is 22.7. The highest BCUT2D eigenvalue weighted by Crippen LogP contribution is 2.39. The van der Waals surface area contributed by atoms with E-state index < -0.39 is 17.6 Å². The molecule has 1 aromatic heterocycles. The highest BCUT2D eigenvalue weighted by molar-refractivity contribution is 6.32. The Morgan fingerprint density at radius 3 is 2.64 bits per heavy atom. The number of likely N-dealkylation sites (N-methyl/N-ethyl adjacent to an activating group) is 1. The standard InChI is InChI=1S/C28H30ClF3N6O4/c1-2-37-7-9-38(10-8-37)13-18-3-5-19(12-21(18)28(30,31)32)36-26(40)17-4-6-22(29)23(11-17)42-27-24-25(33-16-34-27)35-20(14-39)15-41-24/h3-6,11-12,16,20,39H,2,7-10,13-15H2,1H3,(H,36,40)(H,33,34,35)/t20-/m0/s1. The highest BCUT2D eigenvalue weighted by atomic mass is 35.5. The third kappa shape index (κ3) is 6.86. The van der Waals surface area contributed by atoms with Gasteiger partial charge in [0.2, 0.25) is 5.75 Å². The van der Waals surface area contributed by atoms with Crippen molar-refractivity contribution >= 4 is 29.0 Å². The molecule has 1 atom stereocenters. The summed E-state index contributed by atoms with van der Waals surface area (Å²) >= 11 is 6.30. The van der Waals surface area contributed by atoms with Crippen LogP contribution in [0.4, 0.5) is 24.7 Å². The number of aromatic nitrogens is 2. The number of carbonyl (C=O) groups is 1. The summed E-state index contributed by atoms with van der Waals surface area (Å²) in [6.45, 7) is 6.14. The van der Waals surface area contributed by atoms with Gasteiger partial charge in [-0.2, -0.15) is 18.2 Å². The predicted octanol–water partition coefficient (Wildman–Crippen LogP) is 4.50. The lowest BCUT2D eigenvalue weighted by Gasteiger charge is -2.34. The Bertz CT molecular complexity index is 1440. The van der Waals surface area contributed by atoms with Crippen LogP contribution >= 0.6 is 11.6 Å². The van der Waals surface area contributed by atoms with E-state index in [-0.39, 0.29) is 65.0 Å². The van der Waals surface area contributed by atoms with Crippen LogP contribution in [0.1, 0.15) is 28.4 Å². The molecule has 0 aliphatic carbocycles. The smallest absolute Gasteiger partial charge is 0.416 e. The normalized spacial score (nSPS) is 17.6. The summed E-state index contributed by atoms with van der Waals surface area (Å²) in [7, 11) is 0. The lowest BCUT2D eigenvalue weighted by Crippen LogP contribution is -2.45. The number of fused-ring (bicyclic) bond motifs is 1. The van der Waals surface area contributed by atoms with Gasteiger partial charge in [-0.05, 0) is 42.4 Å². The molecule has 3 heterocycles. The average molecular weight is 607 g/mol. The summed E-state index contributed by atoms with van der Waals surface area (Å²) in [5.41, 5.74) is -0.526. The molecule has 0 unspecified atom stereocenters. The number of hydrogen-bond donors (Lipinski definition) is 3. The van der Waals surface area contributed by atoms with Gasteiger partial charge in [0.15, 0.2) is 5.82 Å². The van der Waals surface area contributed by atoms with Gasteiger partial charge in [0.1, 0.15) is 18.7 Å². The number of carbonyl (C=O) groups excluding carboxylic acids is 1. The lowest BCUT2D eigenvalue weighted by molar-refractivity contribution is -0.138. The van der Waals surface area contributed by atoms with Crippen molar-refractivity contribution in [2.24, 2.45) is 0 Å². The molecule has 1 fully saturated rings. The molecule has 1 amide bonds. The fraction of sp³-hybridized carbons (Fsp3) is 0.393. The molecule has 2 aliphatic heterocycles. The van der Waals surface area contributed by atoms with Crippen LogP contribution in [0.15, 0.2) is 42.7 Å². The number of nitrogens with zero attached hydrogens (tertiary/aromatic N) is 4. The summed E-state index contributed by atoms with van der Waals surface area (Å²) in [4.78, 5) is 25.5. The van der Waals surface area contributed by atoms with E-state index in [1.807, 2.05) is 4.90 Å². The maximum absolute atomic E-state index is 14.0. The first-order valence-electron chi connectivity index (χ1n) is 13.4. The number of aliphatic hydroxyl groups excluding tert-OH is 1. The number of alkyl halides is 3. The molecule has 10 nitrogen and oxygen atoms in total. The second-order valence-corrected chi connectivity index (χ2v) is 10.4. The van der Waals surface area contributed by atoms with Crippen molar-refractivity contribution in [3.63, 3.8) is 0 Å². The predicted molar refractivity (Wildman–Crippen MR) is 150 cm³/mol. The Kier molecular flexibility index (Phi) is 9.02. The van der Waals surface area contributed by atoms with Crippen LogP contribution in [0.5, 0.6) is 17.4 Å². The molecular weight excluding hydrogens is 577 g/mol. The van der Waals surface area contributed by atoms with Crippen LogP contribution in [0.2, 0.25) is 5.02 Å². The molecule has 1 saturated heterocycles. The number of rotatable bonds is 8. The minimum atomic E-state index is -4.59. The van der Waals surface area contributed by atoms with E-state index >= 15 is 0 Å². The maximum atomic E-state index is 14.0. The van der Waals surface area contributed by atoms with E-state index in [0.29, 0.717) is 18.9 Å². The van der Waals surface area contributed by atoms with Crippen molar-refractivity contribution in [2.45, 2.75) is 25.7 Å². The number of halogens is 4. The van der Waals surface area contributed by atoms with Gasteiger partial charge in [-0.15, -0.1) is 0 Å². The van der Waals surface area contributed by atoms with Gasteiger partial charge in [-0.3, -0.25) is 9.69 Å². The number of anilines is 2. The molecule has 5 rings (SSSR count). The molecule has 0 radical (unpaired) electrons. The van der Waals surface area contributed by atoms with E-state index in [9.17, 15) is 23.1 Å². The molecule has 42 heavy (non-hydrogen) atoms. The van der Waals surface area contributed by atoms with Gasteiger partial charge >= 0.3 is 6.18 Å². The van der Waals surface area contributed by atoms with Crippen molar-refractivity contribution in [2.75, 3.05) is 56.6 Å². The van der Waals surface area contributed by atoms with Crippen molar-refractivity contribution in [1.29, 1.82) is 0 Å². The summed E-state index contributed by atoms with van der Waals surface area (Å²) in [5, 5.41) is 15.1. The van der Waals surface area contributed by atoms with E-state index in [0.717, 1.165) is 25.7 Å². The Morgan fingerprint density at radius 1 is 1.17 bits per heavy atom. The molecule has 2 aliphatic rings. The van der Waals surface area contributed by atoms with E-state index in [1.54, 1.807) is 0 Å². The molecule has 14 heteroatoms. The van der Waals surface area contributed by atoms with Crippen LogP contribution in [0.25, 0.3) is 0 Å². The molecule has 0 saturated carbocycles. The number of ether oxygens (including phenoxy) is 2. The molecule has 2 aromatic carbocycles. The molecule has 3 N–H and O–H groups in total. The topological polar surface area (TPSA) is 112 Å². The van der Waals surface area contributed by atoms with Gasteiger partial charge in [0, 0.05) is 44.0 Å². The number of aliphatic hydroxyl groups is 1. The van der Waals surface area contributed by atoms with Gasteiger partial charge in [0.25, 0.3) is 11.8 Å². The van der Waals surface area contributed by atoms with Crippen LogP contribution in [-0.2, 0) is 12.7 Å². The monoisotopic (exact) mass is 606 g/mol. The summed E-state index contributed by atoms with van der Waals surface area (Å²) < 4.78 is 53.5. The van der Waals surface area contributed by atoms with Gasteiger partial charge in [-0.25, -0.2) is 4.98 Å². The minimum absolute atomic E-state index is 0.00655. The zero-order chi connectivity index (χ0) is 29.9. The molecular formula is C28H30ClF3N6O4. The first kappa shape index (κ1) is 29.8. The Balaban J connectivity index is 1.31. The second kappa shape index (κ2) is 12.7. The largest absolute Gasteiger partial charge is 0.483 e. The number of nitrogens with one attached hydrogen (secondary N) is 2. The first-order valence-corrected chi connectivity index (χ1v) is 13.8. The van der Waals surface area contributed by atoms with Gasteiger partial charge < -0.3 is 30.1 Å². The summed E-state index contributed by atoms with van der Waals surface area (Å²) in [6, 6.07) is 7.71. The van der Waals surface area contributed by atoms with E-state index in [2.05, 4.69) is 32.4 Å². The summed E-state index contributed by atoms with van der Waals surface area (Å²) in [6.07, 6.45) is -3.35. The first-order chi connectivity index (χ1) is 20.1. The van der Waals surface area contributed by atoms with Crippen LogP contribution in [-0.4, -0.2) is 82.8 Å². The van der Waals surface area contributed by atoms with E-state index in [1.165, 1.54) is 36.7 Å². The fourth-order valence-corrected chi connectivity index (χ4v) is 4.93. The number of benzene rings is 2. The van der Waals surface area contributed by atoms with Crippen LogP contribution < -0.4 is 20.1 Å². The average Bonchev–Trinajstić information content (AvgIpc) is 2.98. The SMILES string of the molecule is CCN1CCN(Cc2ccc(NC(=O)c3ccc(Cl)c(Oc4ncnc5c4OC[C@H](CO)N5)c3)cc2C(F)(F)F)CC1. The van der Waals surface area contributed by atoms with Gasteiger partial charge in [-0.1, -0.05) is 24.6 Å². The third-order valence-electron chi connectivity index (χ3n) is 7.14. The van der Waals surface area contributed by atoms with Crippen molar-refractivity contribution in [1.82, 2.24) is 19.8 Å².